The molecule has 1 atom stereocenters. The maximum atomic E-state index is 12.9. The van der Waals surface area contributed by atoms with Gasteiger partial charge in [-0.25, -0.2) is 4.98 Å². The topological polar surface area (TPSA) is 75.5 Å². The van der Waals surface area contributed by atoms with Crippen molar-refractivity contribution >= 4 is 23.0 Å². The predicted octanol–water partition coefficient (Wildman–Crippen LogP) is 3.73. The van der Waals surface area contributed by atoms with Crippen LogP contribution in [-0.4, -0.2) is 27.2 Å². The Labute approximate surface area is 158 Å². The molecule has 140 valence electrons. The number of carbonyl (C=O) groups excluding carboxylic acids is 2. The van der Waals surface area contributed by atoms with Gasteiger partial charge < -0.3 is 10.6 Å². The van der Waals surface area contributed by atoms with E-state index in [1.807, 2.05) is 52.0 Å². The molecule has 2 aromatic heterocycles. The number of aryl methyl sites for hydroxylation is 2. The molecule has 0 aliphatic heterocycles. The minimum atomic E-state index is -0.340. The van der Waals surface area contributed by atoms with Gasteiger partial charge in [0, 0.05) is 17.9 Å². The van der Waals surface area contributed by atoms with Crippen LogP contribution in [0, 0.1) is 13.8 Å². The van der Waals surface area contributed by atoms with Gasteiger partial charge in [-0.2, -0.15) is 0 Å². The van der Waals surface area contributed by atoms with E-state index in [1.165, 1.54) is 0 Å². The fourth-order valence-electron chi connectivity index (χ4n) is 2.89. The Bertz CT molecular complexity index is 1010. The van der Waals surface area contributed by atoms with E-state index in [2.05, 4.69) is 15.6 Å². The van der Waals surface area contributed by atoms with Crippen molar-refractivity contribution < 1.29 is 9.59 Å². The first-order valence-electron chi connectivity index (χ1n) is 9.07. The van der Waals surface area contributed by atoms with E-state index in [-0.39, 0.29) is 29.4 Å². The highest BCUT2D eigenvalue weighted by Crippen LogP contribution is 2.19. The van der Waals surface area contributed by atoms with Crippen LogP contribution in [0.1, 0.15) is 52.5 Å². The largest absolute Gasteiger partial charge is 0.347 e. The summed E-state index contributed by atoms with van der Waals surface area (Å²) in [5, 5.41) is 5.80. The molecule has 3 aromatic rings. The fourth-order valence-corrected chi connectivity index (χ4v) is 2.89. The molecule has 0 fully saturated rings. The number of fused-ring (bicyclic) bond motifs is 1. The van der Waals surface area contributed by atoms with Crippen LogP contribution in [0.25, 0.3) is 5.52 Å². The molecule has 6 nitrogen and oxygen atoms in total. The molecule has 2 amide bonds. The Morgan fingerprint density at radius 3 is 2.63 bits per heavy atom. The SMILES string of the molecule is CCC(C)NC(=O)c1nc(C(=O)Nc2ccc(C)cc2C)c2ccccn12. The zero-order valence-electron chi connectivity index (χ0n) is 16.0. The third kappa shape index (κ3) is 3.84. The standard InChI is InChI=1S/C21H24N4O2/c1-5-15(4)22-21(27)19-24-18(17-8-6-7-11-25(17)19)20(26)23-16-10-9-13(2)12-14(16)3/h6-12,15H,5H2,1-4H3,(H,22,27)(H,23,26). The molecule has 0 aliphatic carbocycles. The summed E-state index contributed by atoms with van der Waals surface area (Å²) in [5.41, 5.74) is 3.65. The third-order valence-electron chi connectivity index (χ3n) is 4.59. The summed E-state index contributed by atoms with van der Waals surface area (Å²) in [6, 6.07) is 11.3. The van der Waals surface area contributed by atoms with E-state index in [0.717, 1.165) is 23.2 Å². The van der Waals surface area contributed by atoms with Crippen molar-refractivity contribution in [3.63, 3.8) is 0 Å². The number of benzene rings is 1. The van der Waals surface area contributed by atoms with Gasteiger partial charge in [-0.3, -0.25) is 14.0 Å². The second-order valence-corrected chi connectivity index (χ2v) is 6.80. The number of anilines is 1. The van der Waals surface area contributed by atoms with Crippen molar-refractivity contribution in [1.29, 1.82) is 0 Å². The molecular formula is C21H24N4O2. The Morgan fingerprint density at radius 2 is 1.93 bits per heavy atom. The Morgan fingerprint density at radius 1 is 1.15 bits per heavy atom. The Kier molecular flexibility index (Phi) is 5.26. The second kappa shape index (κ2) is 7.61. The molecule has 0 spiro atoms. The highest BCUT2D eigenvalue weighted by molar-refractivity contribution is 6.09. The summed E-state index contributed by atoms with van der Waals surface area (Å²) in [7, 11) is 0. The number of aromatic nitrogens is 2. The monoisotopic (exact) mass is 364 g/mol. The van der Waals surface area contributed by atoms with Gasteiger partial charge in [-0.1, -0.05) is 30.7 Å². The second-order valence-electron chi connectivity index (χ2n) is 6.80. The predicted molar refractivity (Wildman–Crippen MR) is 106 cm³/mol. The quantitative estimate of drug-likeness (QED) is 0.724. The minimum absolute atomic E-state index is 0.0287. The molecule has 2 heterocycles. The van der Waals surface area contributed by atoms with Crippen LogP contribution in [0.3, 0.4) is 0 Å². The molecule has 1 unspecified atom stereocenters. The Balaban J connectivity index is 1.97. The lowest BCUT2D eigenvalue weighted by molar-refractivity contribution is 0.0928. The summed E-state index contributed by atoms with van der Waals surface area (Å²) in [4.78, 5) is 29.8. The molecule has 0 bridgehead atoms. The number of amides is 2. The first kappa shape index (κ1) is 18.6. The molecule has 6 heteroatoms. The van der Waals surface area contributed by atoms with E-state index in [4.69, 9.17) is 0 Å². The number of nitrogens with one attached hydrogen (secondary N) is 2. The summed E-state index contributed by atoms with van der Waals surface area (Å²) in [6.45, 7) is 7.88. The number of carbonyl (C=O) groups is 2. The number of imidazole rings is 1. The highest BCUT2D eigenvalue weighted by Gasteiger charge is 2.22. The van der Waals surface area contributed by atoms with Gasteiger partial charge in [0.15, 0.2) is 5.69 Å². The maximum Gasteiger partial charge on any atom is 0.287 e. The van der Waals surface area contributed by atoms with Gasteiger partial charge >= 0.3 is 0 Å². The van der Waals surface area contributed by atoms with E-state index in [1.54, 1.807) is 22.7 Å². The van der Waals surface area contributed by atoms with E-state index < -0.39 is 0 Å². The number of hydrogen-bond donors (Lipinski definition) is 2. The number of rotatable bonds is 5. The summed E-state index contributed by atoms with van der Waals surface area (Å²) < 4.78 is 1.65. The van der Waals surface area contributed by atoms with Crippen LogP contribution in [0.15, 0.2) is 42.6 Å². The van der Waals surface area contributed by atoms with Crippen LogP contribution in [0.4, 0.5) is 5.69 Å². The number of nitrogens with zero attached hydrogens (tertiary/aromatic N) is 2. The van der Waals surface area contributed by atoms with Crippen LogP contribution in [-0.2, 0) is 0 Å². The molecule has 0 aliphatic rings. The zero-order chi connectivity index (χ0) is 19.6. The average Bonchev–Trinajstić information content (AvgIpc) is 3.04. The van der Waals surface area contributed by atoms with Crippen LogP contribution < -0.4 is 10.6 Å². The molecular weight excluding hydrogens is 340 g/mol. The van der Waals surface area contributed by atoms with Crippen molar-refractivity contribution in [1.82, 2.24) is 14.7 Å². The highest BCUT2D eigenvalue weighted by atomic mass is 16.2. The smallest absolute Gasteiger partial charge is 0.287 e. The van der Waals surface area contributed by atoms with Crippen LogP contribution in [0.2, 0.25) is 0 Å². The first-order valence-corrected chi connectivity index (χ1v) is 9.07. The van der Waals surface area contributed by atoms with Crippen LogP contribution in [0.5, 0.6) is 0 Å². The van der Waals surface area contributed by atoms with E-state index in [0.29, 0.717) is 5.52 Å². The number of hydrogen-bond acceptors (Lipinski definition) is 3. The minimum Gasteiger partial charge on any atom is -0.347 e. The lowest BCUT2D eigenvalue weighted by Gasteiger charge is -2.10. The number of pyridine rings is 1. The summed E-state index contributed by atoms with van der Waals surface area (Å²) in [5.74, 6) is -0.430. The molecule has 1 aromatic carbocycles. The normalized spacial score (nSPS) is 12.0. The third-order valence-corrected chi connectivity index (χ3v) is 4.59. The van der Waals surface area contributed by atoms with Crippen molar-refractivity contribution in [3.8, 4) is 0 Å². The fraction of sp³-hybridized carbons (Fsp3) is 0.286. The lowest BCUT2D eigenvalue weighted by atomic mass is 10.1. The van der Waals surface area contributed by atoms with Gasteiger partial charge in [0.05, 0.1) is 5.52 Å². The van der Waals surface area contributed by atoms with Gasteiger partial charge in [0.25, 0.3) is 11.8 Å². The van der Waals surface area contributed by atoms with Gasteiger partial charge in [0.1, 0.15) is 0 Å². The molecule has 0 saturated carbocycles. The summed E-state index contributed by atoms with van der Waals surface area (Å²) in [6.07, 6.45) is 2.55. The molecule has 2 N–H and O–H groups in total. The van der Waals surface area contributed by atoms with Crippen molar-refractivity contribution in [2.45, 2.75) is 40.2 Å². The van der Waals surface area contributed by atoms with Gasteiger partial charge in [-0.15, -0.1) is 0 Å². The van der Waals surface area contributed by atoms with Crippen molar-refractivity contribution in [2.75, 3.05) is 5.32 Å². The van der Waals surface area contributed by atoms with Gasteiger partial charge in [-0.05, 0) is 51.0 Å². The molecule has 0 saturated heterocycles. The lowest BCUT2D eigenvalue weighted by Crippen LogP contribution is -2.33. The maximum absolute atomic E-state index is 12.9. The molecule has 27 heavy (non-hydrogen) atoms. The average molecular weight is 364 g/mol. The zero-order valence-corrected chi connectivity index (χ0v) is 16.0. The van der Waals surface area contributed by atoms with Crippen molar-refractivity contribution in [2.24, 2.45) is 0 Å². The molecule has 0 radical (unpaired) electrons. The van der Waals surface area contributed by atoms with E-state index in [9.17, 15) is 9.59 Å². The molecule has 3 rings (SSSR count). The Hall–Kier alpha value is -3.15. The van der Waals surface area contributed by atoms with Crippen LogP contribution >= 0.6 is 0 Å². The summed E-state index contributed by atoms with van der Waals surface area (Å²) >= 11 is 0. The van der Waals surface area contributed by atoms with Gasteiger partial charge in [0.2, 0.25) is 5.82 Å². The van der Waals surface area contributed by atoms with Crippen molar-refractivity contribution in [3.05, 3.63) is 65.2 Å². The van der Waals surface area contributed by atoms with E-state index >= 15 is 0 Å². The first-order chi connectivity index (χ1) is 12.9.